The Kier molecular flexibility index (Phi) is 6.18. The summed E-state index contributed by atoms with van der Waals surface area (Å²) in [5.74, 6) is -4.09. The molecular weight excluding hydrogens is 354 g/mol. The van der Waals surface area contributed by atoms with Crippen molar-refractivity contribution in [1.29, 1.82) is 0 Å². The number of halogens is 2. The highest BCUT2D eigenvalue weighted by atomic mass is 32.1. The number of benzene rings is 1. The van der Waals surface area contributed by atoms with Crippen LogP contribution >= 0.6 is 11.3 Å². The third-order valence-electron chi connectivity index (χ3n) is 2.93. The van der Waals surface area contributed by atoms with Crippen LogP contribution in [0.5, 0.6) is 0 Å². The maximum absolute atomic E-state index is 13.0. The van der Waals surface area contributed by atoms with Crippen molar-refractivity contribution in [2.45, 2.75) is 6.92 Å². The smallest absolute Gasteiger partial charge is 0.325 e. The lowest BCUT2D eigenvalue weighted by Gasteiger charge is -2.07. The molecule has 0 fully saturated rings. The normalized spacial score (nSPS) is 10.2. The Morgan fingerprint density at radius 2 is 1.88 bits per heavy atom. The number of ether oxygens (including phenoxy) is 1. The molecule has 0 atom stereocenters. The standard InChI is InChI=1S/C16H14F2N2O4S/c1-9-2-5-13(25-9)16(23)19-7-15(22)24-8-14(21)20-10-3-4-11(17)12(18)6-10/h2-6H,7-8H2,1H3,(H,19,23)(H,20,21). The molecule has 1 heterocycles. The van der Waals surface area contributed by atoms with E-state index in [4.69, 9.17) is 4.74 Å². The molecule has 25 heavy (non-hydrogen) atoms. The lowest BCUT2D eigenvalue weighted by atomic mass is 10.3. The van der Waals surface area contributed by atoms with Gasteiger partial charge in [-0.2, -0.15) is 0 Å². The fourth-order valence-corrected chi connectivity index (χ4v) is 2.55. The quantitative estimate of drug-likeness (QED) is 0.766. The summed E-state index contributed by atoms with van der Waals surface area (Å²) in [6.07, 6.45) is 0. The van der Waals surface area contributed by atoms with Crippen LogP contribution in [0.4, 0.5) is 14.5 Å². The predicted octanol–water partition coefficient (Wildman–Crippen LogP) is 2.25. The lowest BCUT2D eigenvalue weighted by Crippen LogP contribution is -2.31. The van der Waals surface area contributed by atoms with Crippen LogP contribution in [-0.4, -0.2) is 30.9 Å². The van der Waals surface area contributed by atoms with Crippen molar-refractivity contribution in [3.8, 4) is 0 Å². The first-order chi connectivity index (χ1) is 11.8. The third-order valence-corrected chi connectivity index (χ3v) is 3.92. The summed E-state index contributed by atoms with van der Waals surface area (Å²) < 4.78 is 30.5. The number of hydrogen-bond acceptors (Lipinski definition) is 5. The number of carbonyl (C=O) groups is 3. The minimum atomic E-state index is -1.11. The van der Waals surface area contributed by atoms with Gasteiger partial charge in [0.1, 0.15) is 6.54 Å². The first-order valence-electron chi connectivity index (χ1n) is 7.10. The molecule has 0 unspecified atom stereocenters. The predicted molar refractivity (Wildman–Crippen MR) is 87.3 cm³/mol. The second-order valence-corrected chi connectivity index (χ2v) is 6.22. The van der Waals surface area contributed by atoms with Gasteiger partial charge in [0, 0.05) is 16.6 Å². The molecular formula is C16H14F2N2O4S. The summed E-state index contributed by atoms with van der Waals surface area (Å²) in [4.78, 5) is 36.3. The molecule has 0 spiro atoms. The Hall–Kier alpha value is -2.81. The molecule has 0 bridgehead atoms. The van der Waals surface area contributed by atoms with Gasteiger partial charge in [-0.1, -0.05) is 0 Å². The van der Waals surface area contributed by atoms with E-state index in [0.29, 0.717) is 4.88 Å². The van der Waals surface area contributed by atoms with Crippen LogP contribution in [0.3, 0.4) is 0 Å². The maximum atomic E-state index is 13.0. The average Bonchev–Trinajstić information content (AvgIpc) is 3.00. The van der Waals surface area contributed by atoms with Gasteiger partial charge in [-0.3, -0.25) is 14.4 Å². The van der Waals surface area contributed by atoms with Crippen molar-refractivity contribution >= 4 is 34.8 Å². The molecule has 1 aromatic heterocycles. The molecule has 0 saturated carbocycles. The zero-order chi connectivity index (χ0) is 18.4. The minimum Gasteiger partial charge on any atom is -0.454 e. The minimum absolute atomic E-state index is 0.0290. The van der Waals surface area contributed by atoms with E-state index in [1.807, 2.05) is 6.92 Å². The Labute approximate surface area is 145 Å². The summed E-state index contributed by atoms with van der Waals surface area (Å²) in [5, 5.41) is 4.62. The van der Waals surface area contributed by atoms with Gasteiger partial charge in [0.15, 0.2) is 18.2 Å². The van der Waals surface area contributed by atoms with Crippen LogP contribution in [0, 0.1) is 18.6 Å². The van der Waals surface area contributed by atoms with Crippen molar-refractivity contribution in [2.75, 3.05) is 18.5 Å². The number of amides is 2. The number of hydrogen-bond donors (Lipinski definition) is 2. The number of esters is 1. The van der Waals surface area contributed by atoms with Gasteiger partial charge in [-0.25, -0.2) is 8.78 Å². The van der Waals surface area contributed by atoms with Crippen LogP contribution in [0.1, 0.15) is 14.5 Å². The van der Waals surface area contributed by atoms with Gasteiger partial charge in [0.2, 0.25) is 0 Å². The summed E-state index contributed by atoms with van der Waals surface area (Å²) in [7, 11) is 0. The highest BCUT2D eigenvalue weighted by Gasteiger charge is 2.12. The molecule has 9 heteroatoms. The lowest BCUT2D eigenvalue weighted by molar-refractivity contribution is -0.146. The Balaban J connectivity index is 1.72. The molecule has 2 aromatic rings. The van der Waals surface area contributed by atoms with E-state index < -0.39 is 42.6 Å². The SMILES string of the molecule is Cc1ccc(C(=O)NCC(=O)OCC(=O)Nc2ccc(F)c(F)c2)s1. The third kappa shape index (κ3) is 5.64. The number of thiophene rings is 1. The van der Waals surface area contributed by atoms with Crippen LogP contribution in [0.2, 0.25) is 0 Å². The van der Waals surface area contributed by atoms with Crippen LogP contribution in [-0.2, 0) is 14.3 Å². The number of aryl methyl sites for hydroxylation is 1. The number of rotatable bonds is 6. The Morgan fingerprint density at radius 3 is 2.52 bits per heavy atom. The van der Waals surface area contributed by atoms with E-state index in [-0.39, 0.29) is 5.69 Å². The number of nitrogens with one attached hydrogen (secondary N) is 2. The molecule has 0 aliphatic heterocycles. The second-order valence-electron chi connectivity index (χ2n) is 4.93. The highest BCUT2D eigenvalue weighted by molar-refractivity contribution is 7.13. The van der Waals surface area contributed by atoms with E-state index in [2.05, 4.69) is 10.6 Å². The van der Waals surface area contributed by atoms with Crippen LogP contribution in [0.15, 0.2) is 30.3 Å². The van der Waals surface area contributed by atoms with Crippen molar-refractivity contribution in [3.63, 3.8) is 0 Å². The summed E-state index contributed by atoms with van der Waals surface area (Å²) in [6.45, 7) is 0.835. The molecule has 0 aliphatic rings. The molecule has 132 valence electrons. The monoisotopic (exact) mass is 368 g/mol. The zero-order valence-corrected chi connectivity index (χ0v) is 13.9. The van der Waals surface area contributed by atoms with Gasteiger partial charge in [-0.15, -0.1) is 11.3 Å². The number of anilines is 1. The van der Waals surface area contributed by atoms with Crippen molar-refractivity contribution in [1.82, 2.24) is 5.32 Å². The molecule has 1 aromatic carbocycles. The fourth-order valence-electron chi connectivity index (χ4n) is 1.76. The van der Waals surface area contributed by atoms with E-state index >= 15 is 0 Å². The van der Waals surface area contributed by atoms with Crippen molar-refractivity contribution < 1.29 is 27.9 Å². The topological polar surface area (TPSA) is 84.5 Å². The summed E-state index contributed by atoms with van der Waals surface area (Å²) in [6, 6.07) is 6.24. The summed E-state index contributed by atoms with van der Waals surface area (Å²) >= 11 is 1.28. The van der Waals surface area contributed by atoms with Gasteiger partial charge >= 0.3 is 5.97 Å². The largest absolute Gasteiger partial charge is 0.454 e. The van der Waals surface area contributed by atoms with Gasteiger partial charge in [-0.05, 0) is 31.2 Å². The Bertz CT molecular complexity index is 807. The zero-order valence-electron chi connectivity index (χ0n) is 13.1. The van der Waals surface area contributed by atoms with E-state index in [1.165, 1.54) is 17.4 Å². The molecule has 0 aliphatic carbocycles. The fraction of sp³-hybridized carbons (Fsp3) is 0.188. The average molecular weight is 368 g/mol. The molecule has 0 saturated heterocycles. The molecule has 2 amide bonds. The van der Waals surface area contributed by atoms with Gasteiger partial charge in [0.05, 0.1) is 4.88 Å². The summed E-state index contributed by atoms with van der Waals surface area (Å²) in [5.41, 5.74) is 0.0290. The van der Waals surface area contributed by atoms with Crippen molar-refractivity contribution in [3.05, 3.63) is 51.7 Å². The first kappa shape index (κ1) is 18.5. The van der Waals surface area contributed by atoms with E-state index in [0.717, 1.165) is 17.0 Å². The molecule has 6 nitrogen and oxygen atoms in total. The molecule has 2 N–H and O–H groups in total. The van der Waals surface area contributed by atoms with E-state index in [1.54, 1.807) is 12.1 Å². The van der Waals surface area contributed by atoms with Gasteiger partial charge < -0.3 is 15.4 Å². The highest BCUT2D eigenvalue weighted by Crippen LogP contribution is 2.14. The molecule has 0 radical (unpaired) electrons. The van der Waals surface area contributed by atoms with Crippen LogP contribution < -0.4 is 10.6 Å². The molecule has 2 rings (SSSR count). The Morgan fingerprint density at radius 1 is 1.12 bits per heavy atom. The van der Waals surface area contributed by atoms with Crippen LogP contribution in [0.25, 0.3) is 0 Å². The number of carbonyl (C=O) groups excluding carboxylic acids is 3. The van der Waals surface area contributed by atoms with E-state index in [9.17, 15) is 23.2 Å². The maximum Gasteiger partial charge on any atom is 0.325 e. The first-order valence-corrected chi connectivity index (χ1v) is 7.92. The van der Waals surface area contributed by atoms with Crippen molar-refractivity contribution in [2.24, 2.45) is 0 Å². The van der Waals surface area contributed by atoms with Gasteiger partial charge in [0.25, 0.3) is 11.8 Å². The second kappa shape index (κ2) is 8.34.